The molecule has 4 heteroatoms. The molecule has 4 nitrogen and oxygen atoms in total. The lowest BCUT2D eigenvalue weighted by molar-refractivity contribution is -0.136. The zero-order chi connectivity index (χ0) is 13.3. The van der Waals surface area contributed by atoms with Gasteiger partial charge in [-0.25, -0.2) is 0 Å². The summed E-state index contributed by atoms with van der Waals surface area (Å²) in [7, 11) is 0. The standard InChI is InChI=1S/C14H14O4/c1-8-3-5-11-13(17)10(4-6-12(15)16)7-18-14(11)9(8)2/h3,5,7H,4,6H2,1-2H3,(H,15,16). The number of carboxylic acids is 1. The van der Waals surface area contributed by atoms with Gasteiger partial charge in [0, 0.05) is 12.0 Å². The van der Waals surface area contributed by atoms with Crippen molar-refractivity contribution in [3.05, 3.63) is 45.3 Å². The quantitative estimate of drug-likeness (QED) is 0.903. The molecule has 1 aromatic heterocycles. The van der Waals surface area contributed by atoms with Crippen LogP contribution in [0.3, 0.4) is 0 Å². The van der Waals surface area contributed by atoms with Gasteiger partial charge in [-0.15, -0.1) is 0 Å². The molecule has 94 valence electrons. The third kappa shape index (κ3) is 2.14. The van der Waals surface area contributed by atoms with E-state index in [4.69, 9.17) is 9.52 Å². The molecule has 1 N–H and O–H groups in total. The van der Waals surface area contributed by atoms with Crippen LogP contribution in [0.4, 0.5) is 0 Å². The van der Waals surface area contributed by atoms with Crippen LogP contribution < -0.4 is 5.43 Å². The van der Waals surface area contributed by atoms with Crippen LogP contribution in [0, 0.1) is 13.8 Å². The average molecular weight is 246 g/mol. The molecule has 0 radical (unpaired) electrons. The Labute approximate surface area is 104 Å². The van der Waals surface area contributed by atoms with Crippen molar-refractivity contribution in [1.29, 1.82) is 0 Å². The molecule has 0 fully saturated rings. The summed E-state index contributed by atoms with van der Waals surface area (Å²) in [5.74, 6) is -0.922. The number of carbonyl (C=O) groups is 1. The number of aryl methyl sites for hydroxylation is 3. The SMILES string of the molecule is Cc1ccc2c(=O)c(CCC(=O)O)coc2c1C. The van der Waals surface area contributed by atoms with Crippen molar-refractivity contribution >= 4 is 16.9 Å². The summed E-state index contributed by atoms with van der Waals surface area (Å²) in [6.07, 6.45) is 1.50. The highest BCUT2D eigenvalue weighted by molar-refractivity contribution is 5.81. The molecule has 18 heavy (non-hydrogen) atoms. The van der Waals surface area contributed by atoms with Crippen LogP contribution in [0.5, 0.6) is 0 Å². The van der Waals surface area contributed by atoms with Crippen LogP contribution in [0.25, 0.3) is 11.0 Å². The predicted octanol–water partition coefficient (Wildman–Crippen LogP) is 2.43. The topological polar surface area (TPSA) is 67.5 Å². The van der Waals surface area contributed by atoms with Gasteiger partial charge in [0.25, 0.3) is 0 Å². The summed E-state index contributed by atoms with van der Waals surface area (Å²) in [5.41, 5.74) is 2.85. The largest absolute Gasteiger partial charge is 0.481 e. The normalized spacial score (nSPS) is 10.8. The number of carboxylic acid groups (broad SMARTS) is 1. The summed E-state index contributed by atoms with van der Waals surface area (Å²) >= 11 is 0. The zero-order valence-electron chi connectivity index (χ0n) is 10.3. The molecule has 0 saturated carbocycles. The van der Waals surface area contributed by atoms with Crippen LogP contribution in [0.15, 0.2) is 27.6 Å². The summed E-state index contributed by atoms with van der Waals surface area (Å²) in [4.78, 5) is 22.7. The molecule has 0 amide bonds. The van der Waals surface area contributed by atoms with E-state index in [2.05, 4.69) is 0 Å². The maximum atomic E-state index is 12.2. The van der Waals surface area contributed by atoms with Gasteiger partial charge in [-0.2, -0.15) is 0 Å². The Kier molecular flexibility index (Phi) is 3.19. The Hall–Kier alpha value is -2.10. The summed E-state index contributed by atoms with van der Waals surface area (Å²) in [5, 5.41) is 9.14. The first kappa shape index (κ1) is 12.4. The highest BCUT2D eigenvalue weighted by Crippen LogP contribution is 2.19. The fraction of sp³-hybridized carbons (Fsp3) is 0.286. The van der Waals surface area contributed by atoms with Gasteiger partial charge in [0.15, 0.2) is 5.43 Å². The number of hydrogen-bond acceptors (Lipinski definition) is 3. The molecule has 0 aliphatic carbocycles. The molecule has 0 saturated heterocycles. The van der Waals surface area contributed by atoms with Gasteiger partial charge in [-0.3, -0.25) is 9.59 Å². The van der Waals surface area contributed by atoms with Gasteiger partial charge in [-0.1, -0.05) is 6.07 Å². The van der Waals surface area contributed by atoms with E-state index in [1.807, 2.05) is 19.9 Å². The first-order chi connectivity index (χ1) is 8.50. The maximum absolute atomic E-state index is 12.2. The maximum Gasteiger partial charge on any atom is 0.303 e. The van der Waals surface area contributed by atoms with E-state index < -0.39 is 5.97 Å². The Morgan fingerprint density at radius 3 is 2.72 bits per heavy atom. The van der Waals surface area contributed by atoms with Crippen LogP contribution in [-0.2, 0) is 11.2 Å². The second-order valence-corrected chi connectivity index (χ2v) is 4.37. The minimum atomic E-state index is -0.922. The lowest BCUT2D eigenvalue weighted by Gasteiger charge is -2.05. The van der Waals surface area contributed by atoms with Gasteiger partial charge >= 0.3 is 5.97 Å². The molecule has 1 heterocycles. The van der Waals surface area contributed by atoms with Crippen molar-refractivity contribution in [2.75, 3.05) is 0 Å². The van der Waals surface area contributed by atoms with Crippen molar-refractivity contribution in [2.45, 2.75) is 26.7 Å². The fourth-order valence-electron chi connectivity index (χ4n) is 1.89. The number of aliphatic carboxylic acids is 1. The van der Waals surface area contributed by atoms with Crippen LogP contribution >= 0.6 is 0 Å². The fourth-order valence-corrected chi connectivity index (χ4v) is 1.89. The van der Waals surface area contributed by atoms with E-state index in [0.29, 0.717) is 16.5 Å². The summed E-state index contributed by atoms with van der Waals surface area (Å²) in [6.45, 7) is 3.85. The van der Waals surface area contributed by atoms with Crippen LogP contribution in [0.1, 0.15) is 23.1 Å². The van der Waals surface area contributed by atoms with E-state index in [1.165, 1.54) is 6.26 Å². The van der Waals surface area contributed by atoms with E-state index >= 15 is 0 Å². The highest BCUT2D eigenvalue weighted by Gasteiger charge is 2.11. The summed E-state index contributed by atoms with van der Waals surface area (Å²) in [6, 6.07) is 3.60. The molecule has 0 spiro atoms. The monoisotopic (exact) mass is 246 g/mol. The third-order valence-corrected chi connectivity index (χ3v) is 3.14. The van der Waals surface area contributed by atoms with Gasteiger partial charge in [0.05, 0.1) is 11.6 Å². The molecular weight excluding hydrogens is 232 g/mol. The van der Waals surface area contributed by atoms with Gasteiger partial charge in [-0.05, 0) is 37.5 Å². The molecule has 0 unspecified atom stereocenters. The number of hydrogen-bond donors (Lipinski definition) is 1. The van der Waals surface area contributed by atoms with Gasteiger partial charge < -0.3 is 9.52 Å². The third-order valence-electron chi connectivity index (χ3n) is 3.14. The number of fused-ring (bicyclic) bond motifs is 1. The molecule has 0 atom stereocenters. The molecular formula is C14H14O4. The Bertz CT molecular complexity index is 667. The second kappa shape index (κ2) is 4.64. The molecule has 0 bridgehead atoms. The zero-order valence-corrected chi connectivity index (χ0v) is 10.3. The first-order valence-corrected chi connectivity index (χ1v) is 5.73. The Morgan fingerprint density at radius 2 is 2.06 bits per heavy atom. The van der Waals surface area contributed by atoms with Crippen molar-refractivity contribution in [3.8, 4) is 0 Å². The van der Waals surface area contributed by atoms with E-state index in [-0.39, 0.29) is 18.3 Å². The molecule has 2 rings (SSSR count). The summed E-state index contributed by atoms with van der Waals surface area (Å²) < 4.78 is 5.47. The molecule has 1 aromatic carbocycles. The van der Waals surface area contributed by atoms with Gasteiger partial charge in [0.1, 0.15) is 5.58 Å². The highest BCUT2D eigenvalue weighted by atomic mass is 16.4. The molecule has 2 aromatic rings. The lowest BCUT2D eigenvalue weighted by atomic mass is 10.0. The second-order valence-electron chi connectivity index (χ2n) is 4.37. The van der Waals surface area contributed by atoms with E-state index in [9.17, 15) is 9.59 Å². The molecule has 0 aliphatic rings. The van der Waals surface area contributed by atoms with Gasteiger partial charge in [0.2, 0.25) is 0 Å². The minimum Gasteiger partial charge on any atom is -0.481 e. The lowest BCUT2D eigenvalue weighted by Crippen LogP contribution is -2.11. The van der Waals surface area contributed by atoms with Crippen molar-refractivity contribution in [3.63, 3.8) is 0 Å². The van der Waals surface area contributed by atoms with Crippen LogP contribution in [-0.4, -0.2) is 11.1 Å². The van der Waals surface area contributed by atoms with Crippen molar-refractivity contribution in [1.82, 2.24) is 0 Å². The Balaban J connectivity index is 2.55. The minimum absolute atomic E-state index is 0.0683. The number of benzene rings is 1. The number of rotatable bonds is 3. The van der Waals surface area contributed by atoms with E-state index in [1.54, 1.807) is 6.07 Å². The smallest absolute Gasteiger partial charge is 0.303 e. The Morgan fingerprint density at radius 1 is 1.33 bits per heavy atom. The van der Waals surface area contributed by atoms with Crippen molar-refractivity contribution in [2.24, 2.45) is 0 Å². The van der Waals surface area contributed by atoms with Crippen molar-refractivity contribution < 1.29 is 14.3 Å². The average Bonchev–Trinajstić information content (AvgIpc) is 2.33. The molecule has 0 aliphatic heterocycles. The van der Waals surface area contributed by atoms with Crippen LogP contribution in [0.2, 0.25) is 0 Å². The first-order valence-electron chi connectivity index (χ1n) is 5.73. The predicted molar refractivity (Wildman–Crippen MR) is 67.9 cm³/mol. The van der Waals surface area contributed by atoms with E-state index in [0.717, 1.165) is 11.1 Å².